The van der Waals surface area contributed by atoms with Gasteiger partial charge < -0.3 is 39.4 Å². The Morgan fingerprint density at radius 2 is 1.11 bits per heavy atom. The van der Waals surface area contributed by atoms with Crippen LogP contribution >= 0.6 is 0 Å². The van der Waals surface area contributed by atoms with Gasteiger partial charge in [0.1, 0.15) is 31.0 Å². The highest BCUT2D eigenvalue weighted by molar-refractivity contribution is 5.70. The van der Waals surface area contributed by atoms with Crippen LogP contribution in [0.2, 0.25) is 0 Å². The first-order chi connectivity index (χ1) is 21.3. The van der Waals surface area contributed by atoms with Crippen LogP contribution in [0.4, 0.5) is 0 Å². The number of hydrogen-bond donors (Lipinski definition) is 4. The molecule has 1 aliphatic heterocycles. The Kier molecular flexibility index (Phi) is 24.9. The van der Waals surface area contributed by atoms with E-state index in [1.165, 1.54) is 96.3 Å². The van der Waals surface area contributed by atoms with Gasteiger partial charge in [0, 0.05) is 12.8 Å². The third-order valence-corrected chi connectivity index (χ3v) is 8.30. The summed E-state index contributed by atoms with van der Waals surface area (Å²) < 4.78 is 21.4. The molecule has 0 aromatic rings. The molecule has 1 rings (SSSR count). The molecule has 1 heterocycles. The second-order valence-corrected chi connectivity index (χ2v) is 12.3. The lowest BCUT2D eigenvalue weighted by Crippen LogP contribution is -2.59. The van der Waals surface area contributed by atoms with Gasteiger partial charge in [-0.15, -0.1) is 0 Å². The molecule has 0 aromatic carbocycles. The zero-order valence-corrected chi connectivity index (χ0v) is 27.7. The molecule has 0 bridgehead atoms. The van der Waals surface area contributed by atoms with Crippen LogP contribution in [0.3, 0.4) is 0 Å². The number of carbonyl (C=O) groups excluding carboxylic acids is 2. The number of rotatable bonds is 28. The number of aliphatic hydroxyl groups excluding tert-OH is 4. The van der Waals surface area contributed by atoms with E-state index in [9.17, 15) is 30.0 Å². The van der Waals surface area contributed by atoms with E-state index in [2.05, 4.69) is 6.92 Å². The minimum absolute atomic E-state index is 0.160. The summed E-state index contributed by atoms with van der Waals surface area (Å²) in [6.07, 6.45) is 16.5. The molecule has 0 spiro atoms. The molecule has 10 heteroatoms. The van der Waals surface area contributed by atoms with Gasteiger partial charge >= 0.3 is 11.9 Å². The van der Waals surface area contributed by atoms with Crippen LogP contribution in [0.5, 0.6) is 0 Å². The number of aliphatic hydroxyl groups is 4. The molecule has 0 saturated carbocycles. The largest absolute Gasteiger partial charge is 0.462 e. The molecule has 0 amide bonds. The molecule has 4 N–H and O–H groups in total. The van der Waals surface area contributed by atoms with Crippen molar-refractivity contribution < 1.29 is 49.0 Å². The maximum atomic E-state index is 12.5. The summed E-state index contributed by atoms with van der Waals surface area (Å²) in [5, 5.41) is 39.4. The first-order valence-electron chi connectivity index (χ1n) is 17.6. The fraction of sp³-hybridized carbons (Fsp3) is 0.941. The molecule has 260 valence electrons. The molecule has 44 heavy (non-hydrogen) atoms. The molecule has 0 radical (unpaired) electrons. The van der Waals surface area contributed by atoms with Crippen molar-refractivity contribution in [3.8, 4) is 0 Å². The Morgan fingerprint density at radius 1 is 0.636 bits per heavy atom. The van der Waals surface area contributed by atoms with Crippen molar-refractivity contribution in [2.45, 2.75) is 185 Å². The van der Waals surface area contributed by atoms with Crippen LogP contribution in [-0.2, 0) is 28.5 Å². The summed E-state index contributed by atoms with van der Waals surface area (Å²) >= 11 is 0. The van der Waals surface area contributed by atoms with Gasteiger partial charge in [-0.1, -0.05) is 129 Å². The zero-order chi connectivity index (χ0) is 32.4. The molecule has 0 aliphatic carbocycles. The van der Waals surface area contributed by atoms with Crippen LogP contribution in [0.1, 0.15) is 149 Å². The van der Waals surface area contributed by atoms with Crippen LogP contribution < -0.4 is 0 Å². The Labute approximate surface area is 266 Å². The molecular weight excluding hydrogens is 568 g/mol. The Hall–Kier alpha value is -1.30. The molecule has 0 aromatic heterocycles. The standard InChI is InChI=1S/C34H64O10/c1-3-5-6-7-8-9-10-11-12-13-14-15-16-17-18-19-20-21-22-23-30(37)43-27(25-41-29(36)4-2)26-42-34-33(40)32(39)31(38)28(24-35)44-34/h27-28,31-35,38-40H,3-26H2,1-2H3. The summed E-state index contributed by atoms with van der Waals surface area (Å²) in [6, 6.07) is 0. The smallest absolute Gasteiger partial charge is 0.306 e. The van der Waals surface area contributed by atoms with Gasteiger partial charge in [0.15, 0.2) is 12.4 Å². The number of ether oxygens (including phenoxy) is 4. The fourth-order valence-electron chi connectivity index (χ4n) is 5.40. The minimum atomic E-state index is -1.58. The van der Waals surface area contributed by atoms with Gasteiger partial charge in [-0.05, 0) is 6.42 Å². The van der Waals surface area contributed by atoms with E-state index >= 15 is 0 Å². The minimum Gasteiger partial charge on any atom is -0.462 e. The lowest BCUT2D eigenvalue weighted by molar-refractivity contribution is -0.305. The number of carbonyl (C=O) groups is 2. The van der Waals surface area contributed by atoms with Gasteiger partial charge in [0.05, 0.1) is 13.2 Å². The lowest BCUT2D eigenvalue weighted by atomic mass is 9.99. The maximum Gasteiger partial charge on any atom is 0.306 e. The van der Waals surface area contributed by atoms with Crippen molar-refractivity contribution in [3.63, 3.8) is 0 Å². The van der Waals surface area contributed by atoms with Crippen molar-refractivity contribution in [1.29, 1.82) is 0 Å². The average Bonchev–Trinajstić information content (AvgIpc) is 3.02. The Morgan fingerprint density at radius 3 is 1.57 bits per heavy atom. The SMILES string of the molecule is CCCCCCCCCCCCCCCCCCCCCC(=O)OC(COC(=O)CC)COC1OC(CO)C(O)C(O)C1O. The molecule has 1 fully saturated rings. The normalized spacial score (nSPS) is 22.5. The van der Waals surface area contributed by atoms with E-state index in [0.29, 0.717) is 6.42 Å². The van der Waals surface area contributed by atoms with E-state index in [-0.39, 0.29) is 26.1 Å². The predicted molar refractivity (Wildman–Crippen MR) is 169 cm³/mol. The van der Waals surface area contributed by atoms with Crippen LogP contribution in [-0.4, -0.2) is 89.0 Å². The lowest BCUT2D eigenvalue weighted by Gasteiger charge is -2.39. The van der Waals surface area contributed by atoms with Crippen molar-refractivity contribution in [3.05, 3.63) is 0 Å². The van der Waals surface area contributed by atoms with Gasteiger partial charge in [-0.3, -0.25) is 9.59 Å². The van der Waals surface area contributed by atoms with Crippen molar-refractivity contribution in [2.24, 2.45) is 0 Å². The number of unbranched alkanes of at least 4 members (excludes halogenated alkanes) is 18. The fourth-order valence-corrected chi connectivity index (χ4v) is 5.40. The topological polar surface area (TPSA) is 152 Å². The second-order valence-electron chi connectivity index (χ2n) is 12.3. The molecule has 1 saturated heterocycles. The molecule has 1 aliphatic rings. The summed E-state index contributed by atoms with van der Waals surface area (Å²) in [5.41, 5.74) is 0. The highest BCUT2D eigenvalue weighted by atomic mass is 16.7. The van der Waals surface area contributed by atoms with Gasteiger partial charge in [0.2, 0.25) is 0 Å². The highest BCUT2D eigenvalue weighted by Crippen LogP contribution is 2.22. The van der Waals surface area contributed by atoms with Crippen LogP contribution in [0.15, 0.2) is 0 Å². The quantitative estimate of drug-likeness (QED) is 0.0644. The summed E-state index contributed by atoms with van der Waals surface area (Å²) in [6.45, 7) is 2.82. The zero-order valence-electron chi connectivity index (χ0n) is 27.7. The van der Waals surface area contributed by atoms with E-state index in [1.54, 1.807) is 6.92 Å². The molecule has 10 nitrogen and oxygen atoms in total. The first kappa shape index (κ1) is 40.7. The van der Waals surface area contributed by atoms with Crippen LogP contribution in [0.25, 0.3) is 0 Å². The van der Waals surface area contributed by atoms with Crippen molar-refractivity contribution >= 4 is 11.9 Å². The Balaban J connectivity index is 2.12. The highest BCUT2D eigenvalue weighted by Gasteiger charge is 2.44. The third-order valence-electron chi connectivity index (χ3n) is 8.30. The van der Waals surface area contributed by atoms with Crippen molar-refractivity contribution in [2.75, 3.05) is 19.8 Å². The van der Waals surface area contributed by atoms with Crippen molar-refractivity contribution in [1.82, 2.24) is 0 Å². The monoisotopic (exact) mass is 632 g/mol. The maximum absolute atomic E-state index is 12.5. The summed E-state index contributed by atoms with van der Waals surface area (Å²) in [7, 11) is 0. The summed E-state index contributed by atoms with van der Waals surface area (Å²) in [5.74, 6) is -0.899. The predicted octanol–water partition coefficient (Wildman–Crippen LogP) is 5.49. The molecular formula is C34H64O10. The number of esters is 2. The van der Waals surface area contributed by atoms with Gasteiger partial charge in [-0.25, -0.2) is 0 Å². The van der Waals surface area contributed by atoms with E-state index < -0.39 is 55.4 Å². The third kappa shape index (κ3) is 19.3. The molecule has 6 unspecified atom stereocenters. The first-order valence-corrected chi connectivity index (χ1v) is 17.6. The van der Waals surface area contributed by atoms with E-state index in [1.807, 2.05) is 0 Å². The van der Waals surface area contributed by atoms with Crippen LogP contribution in [0, 0.1) is 0 Å². The second kappa shape index (κ2) is 26.9. The average molecular weight is 633 g/mol. The number of hydrogen-bond acceptors (Lipinski definition) is 10. The summed E-state index contributed by atoms with van der Waals surface area (Å²) in [4.78, 5) is 24.1. The molecule has 6 atom stereocenters. The van der Waals surface area contributed by atoms with Gasteiger partial charge in [0.25, 0.3) is 0 Å². The Bertz CT molecular complexity index is 704. The van der Waals surface area contributed by atoms with E-state index in [0.717, 1.165) is 19.3 Å². The van der Waals surface area contributed by atoms with Gasteiger partial charge in [-0.2, -0.15) is 0 Å². The van der Waals surface area contributed by atoms with E-state index in [4.69, 9.17) is 18.9 Å².